The van der Waals surface area contributed by atoms with Crippen LogP contribution in [-0.4, -0.2) is 11.0 Å². The molecule has 0 aliphatic rings. The summed E-state index contributed by atoms with van der Waals surface area (Å²) >= 11 is 3.41. The third-order valence-corrected chi connectivity index (χ3v) is 3.80. The third kappa shape index (κ3) is 4.29. The Labute approximate surface area is 132 Å². The molecule has 1 unspecified atom stereocenters. The van der Waals surface area contributed by atoms with E-state index in [1.54, 1.807) is 19.1 Å². The number of rotatable bonds is 5. The van der Waals surface area contributed by atoms with Crippen molar-refractivity contribution in [2.24, 2.45) is 0 Å². The number of benzene rings is 2. The fraction of sp³-hybridized carbons (Fsp3) is 0.250. The van der Waals surface area contributed by atoms with Crippen LogP contribution < -0.4 is 5.32 Å². The second-order valence-corrected chi connectivity index (χ2v) is 6.05. The third-order valence-electron chi connectivity index (χ3n) is 3.27. The van der Waals surface area contributed by atoms with Gasteiger partial charge in [0.25, 0.3) is 5.69 Å². The molecule has 2 rings (SSSR count). The summed E-state index contributed by atoms with van der Waals surface area (Å²) in [5.74, 6) is 0. The minimum Gasteiger partial charge on any atom is -0.382 e. The summed E-state index contributed by atoms with van der Waals surface area (Å²) in [5.41, 5.74) is 2.82. The summed E-state index contributed by atoms with van der Waals surface area (Å²) in [6.45, 7) is 3.81. The Bertz CT molecular complexity index is 641. The molecule has 21 heavy (non-hydrogen) atoms. The van der Waals surface area contributed by atoms with Crippen LogP contribution in [0.1, 0.15) is 18.1 Å². The lowest BCUT2D eigenvalue weighted by Gasteiger charge is -2.15. The monoisotopic (exact) mass is 348 g/mol. The predicted octanol–water partition coefficient (Wildman–Crippen LogP) is 4.71. The Kier molecular flexibility index (Phi) is 4.96. The zero-order valence-electron chi connectivity index (χ0n) is 12.0. The van der Waals surface area contributed by atoms with E-state index in [4.69, 9.17) is 0 Å². The number of anilines is 1. The average molecular weight is 349 g/mol. The van der Waals surface area contributed by atoms with Gasteiger partial charge in [-0.3, -0.25) is 10.1 Å². The lowest BCUT2D eigenvalue weighted by molar-refractivity contribution is -0.385. The zero-order valence-corrected chi connectivity index (χ0v) is 13.6. The van der Waals surface area contributed by atoms with Crippen molar-refractivity contribution < 1.29 is 4.92 Å². The SMILES string of the molecule is Cc1ccc(NC(C)Cc2ccc(Br)cc2)cc1[N+](=O)[O-]. The summed E-state index contributed by atoms with van der Waals surface area (Å²) in [4.78, 5) is 10.6. The first-order chi connectivity index (χ1) is 9.95. The normalized spacial score (nSPS) is 12.0. The maximum Gasteiger partial charge on any atom is 0.274 e. The van der Waals surface area contributed by atoms with E-state index in [1.165, 1.54) is 5.56 Å². The molecule has 0 aliphatic heterocycles. The van der Waals surface area contributed by atoms with E-state index in [2.05, 4.69) is 40.3 Å². The highest BCUT2D eigenvalue weighted by Gasteiger charge is 2.12. The Morgan fingerprint density at radius 1 is 1.24 bits per heavy atom. The standard InChI is InChI=1S/C16H17BrN2O2/c1-11-3-8-15(10-16(11)19(20)21)18-12(2)9-13-4-6-14(17)7-5-13/h3-8,10,12,18H,9H2,1-2H3. The Morgan fingerprint density at radius 3 is 2.52 bits per heavy atom. The number of halogens is 1. The molecule has 5 heteroatoms. The first-order valence-corrected chi connectivity index (χ1v) is 7.51. The van der Waals surface area contributed by atoms with E-state index in [9.17, 15) is 10.1 Å². The first kappa shape index (κ1) is 15.5. The van der Waals surface area contributed by atoms with Crippen LogP contribution in [0.3, 0.4) is 0 Å². The minimum absolute atomic E-state index is 0.149. The number of hydrogen-bond donors (Lipinski definition) is 1. The molecule has 1 atom stereocenters. The Morgan fingerprint density at radius 2 is 1.90 bits per heavy atom. The second kappa shape index (κ2) is 6.72. The summed E-state index contributed by atoms with van der Waals surface area (Å²) in [5, 5.41) is 14.3. The summed E-state index contributed by atoms with van der Waals surface area (Å²) in [6.07, 6.45) is 0.856. The van der Waals surface area contributed by atoms with E-state index < -0.39 is 0 Å². The molecule has 0 saturated carbocycles. The molecule has 4 nitrogen and oxygen atoms in total. The topological polar surface area (TPSA) is 55.2 Å². The van der Waals surface area contributed by atoms with Crippen molar-refractivity contribution in [3.8, 4) is 0 Å². The van der Waals surface area contributed by atoms with Gasteiger partial charge in [0.1, 0.15) is 0 Å². The van der Waals surface area contributed by atoms with Crippen LogP contribution in [0.4, 0.5) is 11.4 Å². The van der Waals surface area contributed by atoms with Crippen molar-refractivity contribution in [2.75, 3.05) is 5.32 Å². The summed E-state index contributed by atoms with van der Waals surface area (Å²) in [7, 11) is 0. The van der Waals surface area contributed by atoms with Crippen LogP contribution in [-0.2, 0) is 6.42 Å². The zero-order chi connectivity index (χ0) is 15.4. The van der Waals surface area contributed by atoms with Crippen LogP contribution in [0, 0.1) is 17.0 Å². The molecule has 0 aromatic heterocycles. The van der Waals surface area contributed by atoms with Crippen molar-refractivity contribution in [1.82, 2.24) is 0 Å². The number of hydrogen-bond acceptors (Lipinski definition) is 3. The highest BCUT2D eigenvalue weighted by atomic mass is 79.9. The first-order valence-electron chi connectivity index (χ1n) is 6.71. The van der Waals surface area contributed by atoms with Gasteiger partial charge in [-0.2, -0.15) is 0 Å². The molecule has 0 fully saturated rings. The van der Waals surface area contributed by atoms with Gasteiger partial charge >= 0.3 is 0 Å². The molecular formula is C16H17BrN2O2. The van der Waals surface area contributed by atoms with Gasteiger partial charge in [0.15, 0.2) is 0 Å². The molecule has 0 heterocycles. The van der Waals surface area contributed by atoms with E-state index in [0.717, 1.165) is 16.6 Å². The fourth-order valence-electron chi connectivity index (χ4n) is 2.21. The molecule has 0 aliphatic carbocycles. The molecule has 1 N–H and O–H groups in total. The van der Waals surface area contributed by atoms with E-state index in [-0.39, 0.29) is 16.7 Å². The fourth-order valence-corrected chi connectivity index (χ4v) is 2.47. The van der Waals surface area contributed by atoms with Gasteiger partial charge in [0, 0.05) is 27.8 Å². The molecule has 0 radical (unpaired) electrons. The lowest BCUT2D eigenvalue weighted by Crippen LogP contribution is -2.18. The number of nitro benzene ring substituents is 1. The molecule has 0 spiro atoms. The lowest BCUT2D eigenvalue weighted by atomic mass is 10.1. The van der Waals surface area contributed by atoms with Crippen molar-refractivity contribution in [3.05, 3.63) is 68.2 Å². The highest BCUT2D eigenvalue weighted by molar-refractivity contribution is 9.10. The largest absolute Gasteiger partial charge is 0.382 e. The number of nitrogens with one attached hydrogen (secondary N) is 1. The van der Waals surface area contributed by atoms with Gasteiger partial charge < -0.3 is 5.32 Å². The summed E-state index contributed by atoms with van der Waals surface area (Å²) < 4.78 is 1.06. The number of aryl methyl sites for hydroxylation is 1. The predicted molar refractivity (Wildman–Crippen MR) is 88.8 cm³/mol. The smallest absolute Gasteiger partial charge is 0.274 e. The van der Waals surface area contributed by atoms with Crippen LogP contribution in [0.15, 0.2) is 46.9 Å². The van der Waals surface area contributed by atoms with Crippen molar-refractivity contribution in [2.45, 2.75) is 26.3 Å². The van der Waals surface area contributed by atoms with Gasteiger partial charge in [-0.15, -0.1) is 0 Å². The van der Waals surface area contributed by atoms with Crippen LogP contribution in [0.25, 0.3) is 0 Å². The van der Waals surface area contributed by atoms with Gasteiger partial charge in [0.2, 0.25) is 0 Å². The quantitative estimate of drug-likeness (QED) is 0.628. The average Bonchev–Trinajstić information content (AvgIpc) is 2.43. The maximum absolute atomic E-state index is 11.0. The van der Waals surface area contributed by atoms with E-state index in [1.807, 2.05) is 18.2 Å². The minimum atomic E-state index is -0.347. The van der Waals surface area contributed by atoms with Gasteiger partial charge in [-0.25, -0.2) is 0 Å². The van der Waals surface area contributed by atoms with Gasteiger partial charge in [0.05, 0.1) is 4.92 Å². The highest BCUT2D eigenvalue weighted by Crippen LogP contribution is 2.23. The molecule has 2 aromatic rings. The molecular weight excluding hydrogens is 332 g/mol. The second-order valence-electron chi connectivity index (χ2n) is 5.13. The summed E-state index contributed by atoms with van der Waals surface area (Å²) in [6, 6.07) is 13.6. The molecule has 2 aromatic carbocycles. The molecule has 0 bridgehead atoms. The Balaban J connectivity index is 2.05. The molecule has 110 valence electrons. The molecule has 0 saturated heterocycles. The van der Waals surface area contributed by atoms with Crippen molar-refractivity contribution in [1.29, 1.82) is 0 Å². The van der Waals surface area contributed by atoms with Gasteiger partial charge in [-0.1, -0.05) is 34.1 Å². The van der Waals surface area contributed by atoms with Crippen LogP contribution >= 0.6 is 15.9 Å². The van der Waals surface area contributed by atoms with Crippen LogP contribution in [0.5, 0.6) is 0 Å². The maximum atomic E-state index is 11.0. The van der Waals surface area contributed by atoms with Crippen molar-refractivity contribution in [3.63, 3.8) is 0 Å². The van der Waals surface area contributed by atoms with E-state index in [0.29, 0.717) is 5.56 Å². The van der Waals surface area contributed by atoms with Gasteiger partial charge in [-0.05, 0) is 44.0 Å². The Hall–Kier alpha value is -1.88. The van der Waals surface area contributed by atoms with Crippen LogP contribution in [0.2, 0.25) is 0 Å². The van der Waals surface area contributed by atoms with E-state index >= 15 is 0 Å². The van der Waals surface area contributed by atoms with Crippen molar-refractivity contribution >= 4 is 27.3 Å². The number of nitro groups is 1. The molecule has 0 amide bonds. The number of nitrogens with zero attached hydrogens (tertiary/aromatic N) is 1.